The lowest BCUT2D eigenvalue weighted by atomic mass is 9.63. The third-order valence-corrected chi connectivity index (χ3v) is 8.56. The molecule has 2 bridgehead atoms. The predicted octanol–water partition coefficient (Wildman–Crippen LogP) is 6.78. The molecule has 0 aromatic heterocycles. The second-order valence-corrected chi connectivity index (χ2v) is 14.0. The highest BCUT2D eigenvalue weighted by molar-refractivity contribution is 7.43. The molecule has 3 unspecified atom stereocenters. The van der Waals surface area contributed by atoms with Gasteiger partial charge in [0.1, 0.15) is 0 Å². The molecule has 2 N–H and O–H groups in total. The van der Waals surface area contributed by atoms with E-state index in [2.05, 4.69) is 88.3 Å². The quantitative estimate of drug-likeness (QED) is 0.439. The van der Waals surface area contributed by atoms with Crippen molar-refractivity contribution < 1.29 is 23.8 Å². The molecule has 1 aromatic rings. The van der Waals surface area contributed by atoms with Crippen molar-refractivity contribution in [3.63, 3.8) is 0 Å². The van der Waals surface area contributed by atoms with E-state index in [0.29, 0.717) is 0 Å². The normalized spacial score (nSPS) is 29.7. The lowest BCUT2D eigenvalue weighted by molar-refractivity contribution is -0.357. The van der Waals surface area contributed by atoms with Crippen LogP contribution < -0.4 is 0 Å². The van der Waals surface area contributed by atoms with Crippen molar-refractivity contribution >= 4 is 8.60 Å². The van der Waals surface area contributed by atoms with E-state index < -0.39 is 20.2 Å². The largest absolute Gasteiger partial charge is 0.393 e. The molecule has 3 heterocycles. The first-order chi connectivity index (χ1) is 14.9. The molecule has 1 aromatic carbocycles. The summed E-state index contributed by atoms with van der Waals surface area (Å²) >= 11 is 0. The van der Waals surface area contributed by atoms with Crippen LogP contribution in [0.4, 0.5) is 0 Å². The zero-order valence-corrected chi connectivity index (χ0v) is 23.4. The lowest BCUT2D eigenvalue weighted by Gasteiger charge is -2.44. The molecule has 3 atom stereocenters. The van der Waals surface area contributed by atoms with Crippen LogP contribution in [0, 0.1) is 5.92 Å². The summed E-state index contributed by atoms with van der Waals surface area (Å²) in [7, 11) is -1.58. The zero-order valence-electron chi connectivity index (χ0n) is 22.5. The molecule has 0 amide bonds. The van der Waals surface area contributed by atoms with Crippen molar-refractivity contribution in [2.24, 2.45) is 5.92 Å². The summed E-state index contributed by atoms with van der Waals surface area (Å²) in [6, 6.07) is 4.59. The van der Waals surface area contributed by atoms with Crippen molar-refractivity contribution in [2.45, 2.75) is 123 Å². The monoisotopic (exact) mass is 480 g/mol. The summed E-state index contributed by atoms with van der Waals surface area (Å²) in [6.07, 6.45) is 1.88. The molecule has 3 aliphatic heterocycles. The van der Waals surface area contributed by atoms with E-state index in [9.17, 15) is 10.2 Å². The minimum Gasteiger partial charge on any atom is -0.393 e. The van der Waals surface area contributed by atoms with Gasteiger partial charge in [-0.15, -0.1) is 0 Å². The molecular weight excluding hydrogens is 435 g/mol. The van der Waals surface area contributed by atoms with Gasteiger partial charge in [-0.2, -0.15) is 0 Å². The van der Waals surface area contributed by atoms with Gasteiger partial charge in [-0.1, -0.05) is 94.7 Å². The Hall–Kier alpha value is -0.550. The fraction of sp³-hybridized carbons (Fsp3) is 0.778. The molecule has 3 saturated heterocycles. The van der Waals surface area contributed by atoms with Crippen LogP contribution in [0.5, 0.6) is 0 Å². The number of hydrogen-bond donors (Lipinski definition) is 2. The maximum atomic E-state index is 11.0. The second kappa shape index (κ2) is 8.54. The highest BCUT2D eigenvalue weighted by Gasteiger charge is 2.76. The number of aliphatic hydroxyl groups is 2. The summed E-state index contributed by atoms with van der Waals surface area (Å²) in [5, 5.41) is 21.4. The Morgan fingerprint density at radius 2 is 1.42 bits per heavy atom. The first kappa shape index (κ1) is 27.0. The molecule has 4 rings (SSSR count). The third kappa shape index (κ3) is 4.43. The van der Waals surface area contributed by atoms with Crippen LogP contribution in [0.15, 0.2) is 12.1 Å². The van der Waals surface area contributed by atoms with Crippen LogP contribution in [-0.4, -0.2) is 28.4 Å². The Morgan fingerprint density at radius 3 is 1.79 bits per heavy atom. The molecule has 33 heavy (non-hydrogen) atoms. The molecule has 0 radical (unpaired) electrons. The van der Waals surface area contributed by atoms with Crippen LogP contribution in [0.25, 0.3) is 0 Å². The molecule has 0 spiro atoms. The minimum absolute atomic E-state index is 0.00851. The smallest absolute Gasteiger partial charge is 0.342 e. The molecule has 5 nitrogen and oxygen atoms in total. The number of rotatable bonds is 6. The van der Waals surface area contributed by atoms with Crippen LogP contribution in [0.1, 0.15) is 117 Å². The van der Waals surface area contributed by atoms with Crippen LogP contribution in [-0.2, 0) is 29.8 Å². The van der Waals surface area contributed by atoms with Crippen LogP contribution in [0.3, 0.4) is 0 Å². The highest BCUT2D eigenvalue weighted by atomic mass is 31.2. The van der Waals surface area contributed by atoms with Gasteiger partial charge >= 0.3 is 14.6 Å². The number of benzene rings is 1. The molecule has 6 heteroatoms. The Kier molecular flexibility index (Phi) is 7.00. The third-order valence-electron chi connectivity index (χ3n) is 7.29. The highest BCUT2D eigenvalue weighted by Crippen LogP contribution is 2.73. The van der Waals surface area contributed by atoms with Crippen molar-refractivity contribution in [1.29, 1.82) is 0 Å². The number of fused-ring (bicyclic) bond motifs is 1. The Morgan fingerprint density at radius 1 is 0.879 bits per heavy atom. The number of hydrogen-bond acceptors (Lipinski definition) is 5. The van der Waals surface area contributed by atoms with Gasteiger partial charge in [0.05, 0.1) is 6.61 Å². The van der Waals surface area contributed by atoms with Crippen molar-refractivity contribution in [3.05, 3.63) is 34.4 Å². The summed E-state index contributed by atoms with van der Waals surface area (Å²) in [6.45, 7) is 24.5. The molecule has 0 aliphatic carbocycles. The van der Waals surface area contributed by atoms with E-state index >= 15 is 0 Å². The number of aliphatic hydroxyl groups excluding tert-OH is 1. The summed E-state index contributed by atoms with van der Waals surface area (Å²) < 4.78 is 17.0. The van der Waals surface area contributed by atoms with Gasteiger partial charge in [0, 0.05) is 5.92 Å². The van der Waals surface area contributed by atoms with Gasteiger partial charge in [-0.3, -0.25) is 13.6 Å². The fourth-order valence-electron chi connectivity index (χ4n) is 5.69. The van der Waals surface area contributed by atoms with Crippen LogP contribution >= 0.6 is 8.60 Å². The molecule has 3 fully saturated rings. The van der Waals surface area contributed by atoms with Crippen molar-refractivity contribution in [3.8, 4) is 0 Å². The Bertz CT molecular complexity index is 870. The molecule has 3 aliphatic rings. The van der Waals surface area contributed by atoms with E-state index in [0.717, 1.165) is 12.8 Å². The maximum Gasteiger partial charge on any atom is 0.342 e. The summed E-state index contributed by atoms with van der Waals surface area (Å²) in [5.74, 6) is -2.05. The molecular formula is C27H45O5P. The zero-order chi connectivity index (χ0) is 25.2. The Balaban J connectivity index is 2.28. The first-order valence-corrected chi connectivity index (χ1v) is 13.4. The molecule has 188 valence electrons. The van der Waals surface area contributed by atoms with E-state index in [1.165, 1.54) is 22.3 Å². The van der Waals surface area contributed by atoms with Gasteiger partial charge in [-0.05, 0) is 50.8 Å². The van der Waals surface area contributed by atoms with Gasteiger partial charge in [0.25, 0.3) is 0 Å². The van der Waals surface area contributed by atoms with E-state index in [1.807, 2.05) is 0 Å². The average Bonchev–Trinajstić information content (AvgIpc) is 3.10. The average molecular weight is 481 g/mol. The predicted molar refractivity (Wildman–Crippen MR) is 134 cm³/mol. The molecule has 0 saturated carbocycles. The lowest BCUT2D eigenvalue weighted by Crippen LogP contribution is -2.60. The van der Waals surface area contributed by atoms with Crippen molar-refractivity contribution in [2.75, 3.05) is 6.61 Å². The van der Waals surface area contributed by atoms with Crippen LogP contribution in [0.2, 0.25) is 0 Å². The van der Waals surface area contributed by atoms with Crippen molar-refractivity contribution in [1.82, 2.24) is 0 Å². The van der Waals surface area contributed by atoms with Gasteiger partial charge in [-0.25, -0.2) is 0 Å². The van der Waals surface area contributed by atoms with E-state index in [1.54, 1.807) is 0 Å². The fourth-order valence-corrected chi connectivity index (χ4v) is 7.09. The second-order valence-electron chi connectivity index (χ2n) is 13.0. The van der Waals surface area contributed by atoms with E-state index in [4.69, 9.17) is 13.6 Å². The SMILES string of the molecule is CCCC(c1ccc(C(C)(C)C)c(C(C)(C)C)c1C(C)(C)C)C(C)C1(CO)OP2OC1(O)O2. The first-order valence-electron chi connectivity index (χ1n) is 12.3. The van der Waals surface area contributed by atoms with Gasteiger partial charge < -0.3 is 10.2 Å². The van der Waals surface area contributed by atoms with Gasteiger partial charge in [0.15, 0.2) is 5.60 Å². The summed E-state index contributed by atoms with van der Waals surface area (Å²) in [4.78, 5) is 0. The van der Waals surface area contributed by atoms with Gasteiger partial charge in [0.2, 0.25) is 0 Å². The maximum absolute atomic E-state index is 11.0. The standard InChI is InChI=1S/C27H45O5P/c1-12-13-18(17(2)26(16-28)27(29)31-33(30-26)32-27)19-14-15-20(23(3,4)5)22(25(9,10)11)21(19)24(6,7)8/h14-15,17-18,28-29H,12-13,16H2,1-11H3. The van der Waals surface area contributed by atoms with E-state index in [-0.39, 0.29) is 34.7 Å². The minimum atomic E-state index is -1.88. The Labute approximate surface area is 202 Å². The summed E-state index contributed by atoms with van der Waals surface area (Å²) in [5.41, 5.74) is 3.98. The topological polar surface area (TPSA) is 68.2 Å².